The van der Waals surface area contributed by atoms with Crippen LogP contribution in [0.25, 0.3) is 0 Å². The normalized spacial score (nSPS) is 24.8. The summed E-state index contributed by atoms with van der Waals surface area (Å²) in [6.45, 7) is 4.54. The van der Waals surface area contributed by atoms with Crippen LogP contribution in [0, 0.1) is 0 Å². The molecule has 2 nitrogen and oxygen atoms in total. The minimum atomic E-state index is 0.476. The lowest BCUT2D eigenvalue weighted by atomic mass is 10.1. The number of aromatic nitrogens is 1. The second kappa shape index (κ2) is 5.69. The predicted octanol–water partition coefficient (Wildman–Crippen LogP) is 2.50. The Balaban J connectivity index is 1.65. The van der Waals surface area contributed by atoms with Crippen LogP contribution in [-0.2, 0) is 6.42 Å². The molecule has 1 aromatic heterocycles. The maximum atomic E-state index is 4.32. The van der Waals surface area contributed by atoms with E-state index in [-0.39, 0.29) is 0 Å². The fourth-order valence-corrected chi connectivity index (χ4v) is 3.37. The van der Waals surface area contributed by atoms with E-state index >= 15 is 0 Å². The Labute approximate surface area is 102 Å². The molecule has 1 saturated heterocycles. The Hall–Kier alpha value is -0.540. The predicted molar refractivity (Wildman–Crippen MR) is 70.9 cm³/mol. The summed E-state index contributed by atoms with van der Waals surface area (Å²) in [5.41, 5.74) is 1.18. The first-order valence-corrected chi connectivity index (χ1v) is 7.02. The fraction of sp³-hybridized carbons (Fsp3) is 0.615. The molecule has 0 radical (unpaired) electrons. The molecule has 2 rings (SSSR count). The number of hydrogen-bond acceptors (Lipinski definition) is 3. The van der Waals surface area contributed by atoms with Crippen LogP contribution in [0.5, 0.6) is 0 Å². The van der Waals surface area contributed by atoms with Gasteiger partial charge in [0.1, 0.15) is 0 Å². The van der Waals surface area contributed by atoms with Crippen LogP contribution >= 0.6 is 11.8 Å². The first-order valence-electron chi connectivity index (χ1n) is 6.03. The number of hydrogen-bond donors (Lipinski definition) is 1. The smallest absolute Gasteiger partial charge is 0.0416 e. The van der Waals surface area contributed by atoms with E-state index in [2.05, 4.69) is 41.1 Å². The van der Waals surface area contributed by atoms with Crippen LogP contribution in [0.1, 0.15) is 25.5 Å². The van der Waals surface area contributed by atoms with Gasteiger partial charge < -0.3 is 5.32 Å². The Morgan fingerprint density at radius 1 is 1.50 bits per heavy atom. The van der Waals surface area contributed by atoms with Crippen molar-refractivity contribution < 1.29 is 0 Å². The van der Waals surface area contributed by atoms with E-state index in [9.17, 15) is 0 Å². The zero-order chi connectivity index (χ0) is 11.3. The lowest BCUT2D eigenvalue weighted by Crippen LogP contribution is -2.34. The Bertz CT molecular complexity index is 307. The van der Waals surface area contributed by atoms with Gasteiger partial charge in [0.05, 0.1) is 0 Å². The van der Waals surface area contributed by atoms with Gasteiger partial charge in [-0.3, -0.25) is 4.98 Å². The van der Waals surface area contributed by atoms with Gasteiger partial charge in [0.15, 0.2) is 0 Å². The van der Waals surface area contributed by atoms with Gasteiger partial charge in [-0.05, 0) is 37.7 Å². The van der Waals surface area contributed by atoms with Crippen molar-refractivity contribution in [2.24, 2.45) is 0 Å². The van der Waals surface area contributed by atoms with Crippen LogP contribution in [0.2, 0.25) is 0 Å². The Kier molecular flexibility index (Phi) is 4.24. The number of pyridine rings is 1. The number of nitrogens with one attached hydrogen (secondary N) is 1. The molecule has 2 heterocycles. The molecule has 3 heteroatoms. The van der Waals surface area contributed by atoms with Crippen LogP contribution in [0.3, 0.4) is 0 Å². The van der Waals surface area contributed by atoms with Gasteiger partial charge in [-0.2, -0.15) is 11.8 Å². The minimum Gasteiger partial charge on any atom is -0.315 e. The molecule has 1 atom stereocenters. The average Bonchev–Trinajstić information content (AvgIpc) is 2.74. The first-order chi connectivity index (χ1) is 7.79. The Morgan fingerprint density at radius 2 is 2.44 bits per heavy atom. The molecule has 1 aromatic rings. The number of nitrogens with zero attached hydrogens (tertiary/aromatic N) is 1. The van der Waals surface area contributed by atoms with E-state index < -0.39 is 0 Å². The van der Waals surface area contributed by atoms with E-state index in [1.165, 1.54) is 24.3 Å². The highest BCUT2D eigenvalue weighted by atomic mass is 32.2. The Morgan fingerprint density at radius 3 is 3.12 bits per heavy atom. The third-order valence-corrected chi connectivity index (χ3v) is 4.62. The monoisotopic (exact) mass is 236 g/mol. The summed E-state index contributed by atoms with van der Waals surface area (Å²) >= 11 is 2.11. The molecule has 1 aliphatic heterocycles. The average molecular weight is 236 g/mol. The van der Waals surface area contributed by atoms with Crippen molar-refractivity contribution in [1.82, 2.24) is 10.3 Å². The largest absolute Gasteiger partial charge is 0.315 e. The second-order valence-electron chi connectivity index (χ2n) is 4.65. The van der Waals surface area contributed by atoms with Crippen molar-refractivity contribution in [3.8, 4) is 0 Å². The molecule has 0 aliphatic carbocycles. The SMILES string of the molecule is CC1(CNCCc2ccccn2)CCCS1. The molecule has 0 bridgehead atoms. The van der Waals surface area contributed by atoms with Crippen LogP contribution in [0.15, 0.2) is 24.4 Å². The fourth-order valence-electron chi connectivity index (χ4n) is 2.09. The van der Waals surface area contributed by atoms with Crippen molar-refractivity contribution >= 4 is 11.8 Å². The van der Waals surface area contributed by atoms with Gasteiger partial charge >= 0.3 is 0 Å². The van der Waals surface area contributed by atoms with Crippen molar-refractivity contribution in [1.29, 1.82) is 0 Å². The second-order valence-corrected chi connectivity index (χ2v) is 6.33. The van der Waals surface area contributed by atoms with Crippen LogP contribution in [-0.4, -0.2) is 28.6 Å². The summed E-state index contributed by atoms with van der Waals surface area (Å²) < 4.78 is 0.476. The number of rotatable bonds is 5. The van der Waals surface area contributed by atoms with E-state index in [0.29, 0.717) is 4.75 Å². The molecule has 1 N–H and O–H groups in total. The lowest BCUT2D eigenvalue weighted by Gasteiger charge is -2.22. The van der Waals surface area contributed by atoms with E-state index in [1.54, 1.807) is 0 Å². The zero-order valence-electron chi connectivity index (χ0n) is 9.91. The molecular weight excluding hydrogens is 216 g/mol. The zero-order valence-corrected chi connectivity index (χ0v) is 10.7. The summed E-state index contributed by atoms with van der Waals surface area (Å²) in [6.07, 6.45) is 5.63. The van der Waals surface area contributed by atoms with Gasteiger partial charge in [0, 0.05) is 36.1 Å². The standard InChI is InChI=1S/C13H20N2S/c1-13(7-4-10-16-13)11-14-9-6-12-5-2-3-8-15-12/h2-3,5,8,14H,4,6-7,9-11H2,1H3. The summed E-state index contributed by atoms with van der Waals surface area (Å²) in [6, 6.07) is 6.11. The van der Waals surface area contributed by atoms with Crippen LogP contribution in [0.4, 0.5) is 0 Å². The maximum Gasteiger partial charge on any atom is 0.0416 e. The van der Waals surface area contributed by atoms with Gasteiger partial charge in [-0.15, -0.1) is 0 Å². The van der Waals surface area contributed by atoms with E-state index in [1.807, 2.05) is 12.3 Å². The molecule has 0 amide bonds. The van der Waals surface area contributed by atoms with Gasteiger partial charge in [-0.1, -0.05) is 6.07 Å². The summed E-state index contributed by atoms with van der Waals surface area (Å²) in [7, 11) is 0. The molecular formula is C13H20N2S. The summed E-state index contributed by atoms with van der Waals surface area (Å²) in [5.74, 6) is 1.33. The molecule has 88 valence electrons. The van der Waals surface area contributed by atoms with Crippen molar-refractivity contribution in [2.75, 3.05) is 18.8 Å². The first kappa shape index (κ1) is 11.9. The molecule has 1 aliphatic rings. The lowest BCUT2D eigenvalue weighted by molar-refractivity contribution is 0.538. The molecule has 0 saturated carbocycles. The quantitative estimate of drug-likeness (QED) is 0.795. The van der Waals surface area contributed by atoms with Crippen LogP contribution < -0.4 is 5.32 Å². The highest BCUT2D eigenvalue weighted by molar-refractivity contribution is 8.00. The minimum absolute atomic E-state index is 0.476. The molecule has 0 spiro atoms. The summed E-state index contributed by atoms with van der Waals surface area (Å²) in [5, 5.41) is 3.56. The molecule has 1 fully saturated rings. The highest BCUT2D eigenvalue weighted by Crippen LogP contribution is 2.36. The molecule has 16 heavy (non-hydrogen) atoms. The van der Waals surface area contributed by atoms with Gasteiger partial charge in [0.2, 0.25) is 0 Å². The van der Waals surface area contributed by atoms with Gasteiger partial charge in [-0.25, -0.2) is 0 Å². The third-order valence-electron chi connectivity index (χ3n) is 3.08. The topological polar surface area (TPSA) is 24.9 Å². The van der Waals surface area contributed by atoms with Crippen molar-refractivity contribution in [2.45, 2.75) is 30.9 Å². The van der Waals surface area contributed by atoms with E-state index in [4.69, 9.17) is 0 Å². The van der Waals surface area contributed by atoms with E-state index in [0.717, 1.165) is 19.5 Å². The van der Waals surface area contributed by atoms with Crippen molar-refractivity contribution in [3.05, 3.63) is 30.1 Å². The van der Waals surface area contributed by atoms with Crippen molar-refractivity contribution in [3.63, 3.8) is 0 Å². The van der Waals surface area contributed by atoms with Gasteiger partial charge in [0.25, 0.3) is 0 Å². The summed E-state index contributed by atoms with van der Waals surface area (Å²) in [4.78, 5) is 4.32. The highest BCUT2D eigenvalue weighted by Gasteiger charge is 2.28. The maximum absolute atomic E-state index is 4.32. The molecule has 0 aromatic carbocycles. The third kappa shape index (κ3) is 3.49. The molecule has 1 unspecified atom stereocenters. The number of thioether (sulfide) groups is 1.